The monoisotopic (exact) mass is 261 g/mol. The van der Waals surface area contributed by atoms with E-state index < -0.39 is 11.7 Å². The van der Waals surface area contributed by atoms with E-state index in [9.17, 15) is 5.11 Å². The molecule has 1 aliphatic heterocycles. The molecule has 108 valence electrons. The third kappa shape index (κ3) is 5.63. The number of hydrogen-bond donors (Lipinski definition) is 2. The van der Waals surface area contributed by atoms with E-state index in [4.69, 9.17) is 19.9 Å². The smallest absolute Gasteiger partial charge is 0.104 e. The molecular weight excluding hydrogens is 234 g/mol. The molecule has 2 unspecified atom stereocenters. The lowest BCUT2D eigenvalue weighted by Crippen LogP contribution is -2.49. The summed E-state index contributed by atoms with van der Waals surface area (Å²) in [5, 5.41) is 9.76. The molecule has 18 heavy (non-hydrogen) atoms. The summed E-state index contributed by atoms with van der Waals surface area (Å²) in [4.78, 5) is 0. The fraction of sp³-hybridized carbons (Fsp3) is 1.00. The van der Waals surface area contributed by atoms with Gasteiger partial charge in [-0.15, -0.1) is 0 Å². The molecule has 0 aliphatic carbocycles. The van der Waals surface area contributed by atoms with Gasteiger partial charge in [0.25, 0.3) is 0 Å². The number of nitrogens with two attached hydrogens (primary N) is 1. The summed E-state index contributed by atoms with van der Waals surface area (Å²) in [6.45, 7) is 5.10. The summed E-state index contributed by atoms with van der Waals surface area (Å²) >= 11 is 0. The molecule has 5 nitrogen and oxygen atoms in total. The zero-order chi connectivity index (χ0) is 13.3. The maximum absolute atomic E-state index is 9.76. The van der Waals surface area contributed by atoms with Crippen molar-refractivity contribution in [2.24, 2.45) is 5.73 Å². The second-order valence-electron chi connectivity index (χ2n) is 4.94. The van der Waals surface area contributed by atoms with E-state index in [0.29, 0.717) is 26.4 Å². The van der Waals surface area contributed by atoms with Crippen molar-refractivity contribution >= 4 is 0 Å². The molecular formula is C13H27NO4. The minimum Gasteiger partial charge on any atom is -0.388 e. The Balaban J connectivity index is 2.16. The minimum atomic E-state index is -0.591. The first-order valence-corrected chi connectivity index (χ1v) is 6.90. The molecule has 0 bridgehead atoms. The van der Waals surface area contributed by atoms with Crippen molar-refractivity contribution in [3.05, 3.63) is 0 Å². The molecule has 5 heteroatoms. The highest BCUT2D eigenvalue weighted by molar-refractivity contribution is 4.84. The van der Waals surface area contributed by atoms with Gasteiger partial charge in [-0.2, -0.15) is 0 Å². The van der Waals surface area contributed by atoms with Gasteiger partial charge in [-0.25, -0.2) is 0 Å². The summed E-state index contributed by atoms with van der Waals surface area (Å²) in [5.41, 5.74) is 5.33. The first kappa shape index (κ1) is 15.9. The second kappa shape index (κ2) is 8.82. The standard InChI is InChI=1S/C13H27NO4/c1-2-3-6-16-8-12(15)9-18-13(10-14)5-4-7-17-11-13/h12,15H,2-11,14H2,1H3. The van der Waals surface area contributed by atoms with Crippen molar-refractivity contribution in [2.75, 3.05) is 39.6 Å². The Bertz CT molecular complexity index is 207. The van der Waals surface area contributed by atoms with Crippen LogP contribution in [0, 0.1) is 0 Å². The maximum Gasteiger partial charge on any atom is 0.104 e. The molecule has 0 amide bonds. The van der Waals surface area contributed by atoms with Crippen LogP contribution in [0.25, 0.3) is 0 Å². The number of rotatable bonds is 9. The van der Waals surface area contributed by atoms with Crippen LogP contribution in [-0.2, 0) is 14.2 Å². The van der Waals surface area contributed by atoms with E-state index in [1.807, 2.05) is 0 Å². The molecule has 1 heterocycles. The van der Waals surface area contributed by atoms with Gasteiger partial charge in [0.15, 0.2) is 0 Å². The summed E-state index contributed by atoms with van der Waals surface area (Å²) in [7, 11) is 0. The molecule has 0 aromatic heterocycles. The average Bonchev–Trinajstić information content (AvgIpc) is 2.42. The van der Waals surface area contributed by atoms with E-state index in [0.717, 1.165) is 32.3 Å². The minimum absolute atomic E-state index is 0.257. The van der Waals surface area contributed by atoms with Crippen LogP contribution >= 0.6 is 0 Å². The van der Waals surface area contributed by atoms with Gasteiger partial charge in [-0.3, -0.25) is 0 Å². The van der Waals surface area contributed by atoms with Gasteiger partial charge in [0, 0.05) is 19.8 Å². The topological polar surface area (TPSA) is 73.9 Å². The molecule has 0 aromatic carbocycles. The van der Waals surface area contributed by atoms with Crippen LogP contribution < -0.4 is 5.73 Å². The van der Waals surface area contributed by atoms with Crippen LogP contribution in [0.4, 0.5) is 0 Å². The molecule has 0 aromatic rings. The predicted molar refractivity (Wildman–Crippen MR) is 69.5 cm³/mol. The number of aliphatic hydroxyl groups is 1. The van der Waals surface area contributed by atoms with Crippen LogP contribution in [0.3, 0.4) is 0 Å². The van der Waals surface area contributed by atoms with Gasteiger partial charge in [-0.05, 0) is 19.3 Å². The third-order valence-electron chi connectivity index (χ3n) is 3.19. The van der Waals surface area contributed by atoms with Crippen molar-refractivity contribution in [2.45, 2.75) is 44.3 Å². The Hall–Kier alpha value is -0.200. The molecule has 1 saturated heterocycles. The highest BCUT2D eigenvalue weighted by atomic mass is 16.6. The number of hydrogen-bond acceptors (Lipinski definition) is 5. The lowest BCUT2D eigenvalue weighted by atomic mass is 9.96. The molecule has 3 N–H and O–H groups in total. The van der Waals surface area contributed by atoms with Gasteiger partial charge < -0.3 is 25.1 Å². The SMILES string of the molecule is CCCCOCC(O)COC1(CN)CCCOC1. The van der Waals surface area contributed by atoms with Crippen LogP contribution in [0.15, 0.2) is 0 Å². The van der Waals surface area contributed by atoms with Gasteiger partial charge in [0.1, 0.15) is 11.7 Å². The zero-order valence-electron chi connectivity index (χ0n) is 11.4. The first-order valence-electron chi connectivity index (χ1n) is 6.90. The number of aliphatic hydroxyl groups excluding tert-OH is 1. The quantitative estimate of drug-likeness (QED) is 0.597. The Morgan fingerprint density at radius 3 is 2.89 bits per heavy atom. The number of ether oxygens (including phenoxy) is 3. The Morgan fingerprint density at radius 1 is 1.44 bits per heavy atom. The molecule has 0 spiro atoms. The average molecular weight is 261 g/mol. The van der Waals surface area contributed by atoms with Crippen LogP contribution in [0.1, 0.15) is 32.6 Å². The summed E-state index contributed by atoms with van der Waals surface area (Å²) in [6, 6.07) is 0. The Labute approximate surface area is 110 Å². The van der Waals surface area contributed by atoms with E-state index in [1.54, 1.807) is 0 Å². The van der Waals surface area contributed by atoms with E-state index in [2.05, 4.69) is 6.92 Å². The maximum atomic E-state index is 9.76. The fourth-order valence-electron chi connectivity index (χ4n) is 1.95. The molecule has 2 atom stereocenters. The lowest BCUT2D eigenvalue weighted by Gasteiger charge is -2.36. The second-order valence-corrected chi connectivity index (χ2v) is 4.94. The van der Waals surface area contributed by atoms with E-state index in [1.165, 1.54) is 0 Å². The zero-order valence-corrected chi connectivity index (χ0v) is 11.4. The fourth-order valence-corrected chi connectivity index (χ4v) is 1.95. The normalized spacial score (nSPS) is 26.2. The number of unbranched alkanes of at least 4 members (excludes halogenated alkanes) is 1. The molecule has 0 saturated carbocycles. The Morgan fingerprint density at radius 2 is 2.28 bits per heavy atom. The lowest BCUT2D eigenvalue weighted by molar-refractivity contribution is -0.145. The van der Waals surface area contributed by atoms with Crippen molar-refractivity contribution < 1.29 is 19.3 Å². The van der Waals surface area contributed by atoms with Crippen molar-refractivity contribution in [1.29, 1.82) is 0 Å². The highest BCUT2D eigenvalue weighted by Crippen LogP contribution is 2.22. The molecule has 1 aliphatic rings. The van der Waals surface area contributed by atoms with E-state index in [-0.39, 0.29) is 6.61 Å². The molecule has 1 rings (SSSR count). The predicted octanol–water partition coefficient (Wildman–Crippen LogP) is 0.688. The summed E-state index contributed by atoms with van der Waals surface area (Å²) in [5.74, 6) is 0. The van der Waals surface area contributed by atoms with Crippen molar-refractivity contribution in [3.8, 4) is 0 Å². The van der Waals surface area contributed by atoms with Crippen LogP contribution in [0.5, 0.6) is 0 Å². The van der Waals surface area contributed by atoms with Crippen LogP contribution in [0.2, 0.25) is 0 Å². The summed E-state index contributed by atoms with van der Waals surface area (Å²) < 4.78 is 16.5. The summed E-state index contributed by atoms with van der Waals surface area (Å²) in [6.07, 6.45) is 3.38. The van der Waals surface area contributed by atoms with Gasteiger partial charge in [0.2, 0.25) is 0 Å². The Kier molecular flexibility index (Phi) is 7.77. The first-order chi connectivity index (χ1) is 8.72. The highest BCUT2D eigenvalue weighted by Gasteiger charge is 2.33. The van der Waals surface area contributed by atoms with Crippen LogP contribution in [-0.4, -0.2) is 56.4 Å². The largest absolute Gasteiger partial charge is 0.388 e. The van der Waals surface area contributed by atoms with Gasteiger partial charge >= 0.3 is 0 Å². The van der Waals surface area contributed by atoms with E-state index >= 15 is 0 Å². The van der Waals surface area contributed by atoms with Gasteiger partial charge in [-0.1, -0.05) is 13.3 Å². The van der Waals surface area contributed by atoms with Crippen molar-refractivity contribution in [3.63, 3.8) is 0 Å². The molecule has 0 radical (unpaired) electrons. The molecule has 1 fully saturated rings. The van der Waals surface area contributed by atoms with Crippen molar-refractivity contribution in [1.82, 2.24) is 0 Å². The third-order valence-corrected chi connectivity index (χ3v) is 3.19. The van der Waals surface area contributed by atoms with Gasteiger partial charge in [0.05, 0.1) is 19.8 Å².